The van der Waals surface area contributed by atoms with Crippen LogP contribution >= 0.6 is 33.9 Å². The minimum absolute atomic E-state index is 0.438. The van der Waals surface area contributed by atoms with Crippen molar-refractivity contribution >= 4 is 33.9 Å². The van der Waals surface area contributed by atoms with Gasteiger partial charge in [0.15, 0.2) is 0 Å². The maximum Gasteiger partial charge on any atom is 0.110 e. The zero-order chi connectivity index (χ0) is 6.69. The Balaban J connectivity index is 2.61. The molecule has 0 atom stereocenters. The normalized spacial score (nSPS) is 10.0. The smallest absolute Gasteiger partial charge is 0.110 e. The summed E-state index contributed by atoms with van der Waals surface area (Å²) in [4.78, 5) is 3.99. The molecular formula is C4H5IN2OS. The molecule has 1 heterocycles. The predicted octanol–water partition coefficient (Wildman–Crippen LogP) is 1.23. The first kappa shape index (κ1) is 7.39. The van der Waals surface area contributed by atoms with Crippen molar-refractivity contribution in [3.8, 4) is 0 Å². The summed E-state index contributed by atoms with van der Waals surface area (Å²) < 4.78 is 1.14. The molecule has 1 rings (SSSR count). The minimum atomic E-state index is 0.438. The highest BCUT2D eigenvalue weighted by Crippen LogP contribution is 2.13. The van der Waals surface area contributed by atoms with Gasteiger partial charge < -0.3 is 5.21 Å². The number of hydrogen-bond donors (Lipinski definition) is 2. The van der Waals surface area contributed by atoms with Crippen LogP contribution in [-0.4, -0.2) is 10.2 Å². The van der Waals surface area contributed by atoms with Gasteiger partial charge in [-0.05, 0) is 22.6 Å². The number of hydrogen-bond acceptors (Lipinski definition) is 4. The lowest BCUT2D eigenvalue weighted by molar-refractivity contribution is 0.161. The number of hydroxylamine groups is 1. The van der Waals surface area contributed by atoms with Gasteiger partial charge >= 0.3 is 0 Å². The summed E-state index contributed by atoms with van der Waals surface area (Å²) in [5, 5.41) is 9.15. The molecule has 0 amide bonds. The molecule has 0 saturated heterocycles. The van der Waals surface area contributed by atoms with Crippen molar-refractivity contribution in [3.63, 3.8) is 0 Å². The van der Waals surface area contributed by atoms with Crippen LogP contribution in [0.15, 0.2) is 6.20 Å². The zero-order valence-corrected chi connectivity index (χ0v) is 7.44. The van der Waals surface area contributed by atoms with Crippen molar-refractivity contribution in [1.29, 1.82) is 0 Å². The largest absolute Gasteiger partial charge is 0.316 e. The van der Waals surface area contributed by atoms with E-state index in [4.69, 9.17) is 5.21 Å². The van der Waals surface area contributed by atoms with Crippen molar-refractivity contribution in [1.82, 2.24) is 10.5 Å². The maximum atomic E-state index is 8.24. The summed E-state index contributed by atoms with van der Waals surface area (Å²) in [6, 6.07) is 0. The average Bonchev–Trinajstić information content (AvgIpc) is 2.17. The first-order chi connectivity index (χ1) is 4.33. The lowest BCUT2D eigenvalue weighted by atomic mass is 10.7. The molecule has 0 aromatic carbocycles. The monoisotopic (exact) mass is 256 g/mol. The van der Waals surface area contributed by atoms with E-state index < -0.39 is 0 Å². The van der Waals surface area contributed by atoms with Crippen LogP contribution in [-0.2, 0) is 6.54 Å². The van der Waals surface area contributed by atoms with Crippen LogP contribution in [0.2, 0.25) is 0 Å². The second-order valence-electron chi connectivity index (χ2n) is 1.39. The van der Waals surface area contributed by atoms with E-state index in [1.807, 2.05) is 5.48 Å². The molecule has 1 aromatic heterocycles. The van der Waals surface area contributed by atoms with Gasteiger partial charge in [-0.1, -0.05) is 0 Å². The van der Waals surface area contributed by atoms with Gasteiger partial charge in [-0.3, -0.25) is 0 Å². The first-order valence-electron chi connectivity index (χ1n) is 2.30. The van der Waals surface area contributed by atoms with Crippen molar-refractivity contribution in [2.24, 2.45) is 0 Å². The SMILES string of the molecule is ONCc1ncc(I)s1. The number of thiazole rings is 1. The molecule has 2 N–H and O–H groups in total. The molecule has 9 heavy (non-hydrogen) atoms. The van der Waals surface area contributed by atoms with Crippen LogP contribution in [0, 0.1) is 2.88 Å². The molecule has 0 radical (unpaired) electrons. The highest BCUT2D eigenvalue weighted by Gasteiger charge is 1.95. The Labute approximate surface area is 70.2 Å². The number of rotatable bonds is 2. The number of halogens is 1. The summed E-state index contributed by atoms with van der Waals surface area (Å²) in [6.07, 6.45) is 1.78. The van der Waals surface area contributed by atoms with Gasteiger partial charge in [-0.15, -0.1) is 11.3 Å². The van der Waals surface area contributed by atoms with Gasteiger partial charge in [-0.2, -0.15) is 5.48 Å². The van der Waals surface area contributed by atoms with Gasteiger partial charge in [0.2, 0.25) is 0 Å². The summed E-state index contributed by atoms with van der Waals surface area (Å²) in [5.74, 6) is 0. The molecule has 0 aliphatic heterocycles. The number of nitrogens with zero attached hydrogens (tertiary/aromatic N) is 1. The highest BCUT2D eigenvalue weighted by atomic mass is 127. The third-order valence-electron chi connectivity index (χ3n) is 0.756. The predicted molar refractivity (Wildman–Crippen MR) is 43.5 cm³/mol. The van der Waals surface area contributed by atoms with Crippen molar-refractivity contribution in [2.75, 3.05) is 0 Å². The topological polar surface area (TPSA) is 45.1 Å². The Morgan fingerprint density at radius 3 is 3.11 bits per heavy atom. The molecule has 0 aliphatic rings. The third-order valence-corrected chi connectivity index (χ3v) is 2.48. The van der Waals surface area contributed by atoms with E-state index in [2.05, 4.69) is 27.6 Å². The second kappa shape index (κ2) is 3.45. The van der Waals surface area contributed by atoms with Crippen molar-refractivity contribution in [2.45, 2.75) is 6.54 Å². The van der Waals surface area contributed by atoms with Gasteiger partial charge in [-0.25, -0.2) is 4.98 Å². The van der Waals surface area contributed by atoms with E-state index in [0.717, 1.165) is 7.89 Å². The Kier molecular flexibility index (Phi) is 2.83. The van der Waals surface area contributed by atoms with E-state index in [1.165, 1.54) is 0 Å². The molecule has 0 saturated carbocycles. The second-order valence-corrected chi connectivity index (χ2v) is 4.40. The van der Waals surface area contributed by atoms with E-state index in [1.54, 1.807) is 17.5 Å². The molecule has 0 spiro atoms. The number of aromatic nitrogens is 1. The van der Waals surface area contributed by atoms with E-state index in [9.17, 15) is 0 Å². The standard InChI is InChI=1S/C4H5IN2OS/c5-3-1-6-4(9-3)2-7-8/h1,7-8H,2H2. The molecular weight excluding hydrogens is 251 g/mol. The van der Waals surface area contributed by atoms with Crippen LogP contribution in [0.4, 0.5) is 0 Å². The third kappa shape index (κ3) is 2.17. The first-order valence-corrected chi connectivity index (χ1v) is 4.19. The average molecular weight is 256 g/mol. The zero-order valence-electron chi connectivity index (χ0n) is 4.47. The molecule has 0 unspecified atom stereocenters. The van der Waals surface area contributed by atoms with Crippen LogP contribution in [0.3, 0.4) is 0 Å². The molecule has 0 bridgehead atoms. The molecule has 1 aromatic rings. The fraction of sp³-hybridized carbons (Fsp3) is 0.250. The minimum Gasteiger partial charge on any atom is -0.316 e. The van der Waals surface area contributed by atoms with Gasteiger partial charge in [0.25, 0.3) is 0 Å². The molecule has 5 heteroatoms. The van der Waals surface area contributed by atoms with Gasteiger partial charge in [0.05, 0.1) is 15.6 Å². The molecule has 3 nitrogen and oxygen atoms in total. The van der Waals surface area contributed by atoms with Gasteiger partial charge in [0, 0.05) is 0 Å². The number of nitrogens with one attached hydrogen (secondary N) is 1. The van der Waals surface area contributed by atoms with E-state index in [-0.39, 0.29) is 0 Å². The molecule has 0 fully saturated rings. The lowest BCUT2D eigenvalue weighted by Crippen LogP contribution is -2.04. The quantitative estimate of drug-likeness (QED) is 0.617. The Bertz CT molecular complexity index is 190. The Morgan fingerprint density at radius 2 is 2.67 bits per heavy atom. The van der Waals surface area contributed by atoms with Crippen LogP contribution in [0.1, 0.15) is 5.01 Å². The Hall–Kier alpha value is 0.280. The van der Waals surface area contributed by atoms with Gasteiger partial charge in [0.1, 0.15) is 5.01 Å². The van der Waals surface area contributed by atoms with Crippen LogP contribution < -0.4 is 5.48 Å². The summed E-state index contributed by atoms with van der Waals surface area (Å²) >= 11 is 3.75. The molecule has 0 aliphatic carbocycles. The highest BCUT2D eigenvalue weighted by molar-refractivity contribution is 14.1. The van der Waals surface area contributed by atoms with Crippen molar-refractivity contribution < 1.29 is 5.21 Å². The summed E-state index contributed by atoms with van der Waals surface area (Å²) in [6.45, 7) is 0.438. The van der Waals surface area contributed by atoms with Crippen LogP contribution in [0.25, 0.3) is 0 Å². The van der Waals surface area contributed by atoms with Crippen molar-refractivity contribution in [3.05, 3.63) is 14.1 Å². The van der Waals surface area contributed by atoms with E-state index in [0.29, 0.717) is 6.54 Å². The molecule has 50 valence electrons. The lowest BCUT2D eigenvalue weighted by Gasteiger charge is -1.87. The van der Waals surface area contributed by atoms with E-state index >= 15 is 0 Å². The van der Waals surface area contributed by atoms with Crippen LogP contribution in [0.5, 0.6) is 0 Å². The summed E-state index contributed by atoms with van der Waals surface area (Å²) in [5.41, 5.74) is 2.04. The fourth-order valence-electron chi connectivity index (χ4n) is 0.437. The maximum absolute atomic E-state index is 8.24. The Morgan fingerprint density at radius 1 is 1.89 bits per heavy atom. The fourth-order valence-corrected chi connectivity index (χ4v) is 1.91. The summed E-state index contributed by atoms with van der Waals surface area (Å²) in [7, 11) is 0.